The van der Waals surface area contributed by atoms with Crippen molar-refractivity contribution >= 4 is 29.9 Å². The van der Waals surface area contributed by atoms with Crippen LogP contribution in [0.25, 0.3) is 0 Å². The molecule has 2 aromatic rings. The van der Waals surface area contributed by atoms with E-state index in [4.69, 9.17) is 9.47 Å². The zero-order chi connectivity index (χ0) is 18.4. The van der Waals surface area contributed by atoms with Gasteiger partial charge in [0.05, 0.1) is 13.2 Å². The van der Waals surface area contributed by atoms with Gasteiger partial charge in [0.1, 0.15) is 11.9 Å². The molecule has 1 aliphatic rings. The molecule has 1 aliphatic heterocycles. The normalized spacial score (nSPS) is 15.4. The molecule has 0 fully saturated rings. The van der Waals surface area contributed by atoms with Crippen molar-refractivity contribution < 1.29 is 13.9 Å². The SMILES string of the molecule is CCOc1ccc(CNC(=NC)NCC2Cc3ccccc3O2)cc1F.I. The molecule has 2 aromatic carbocycles. The molecule has 0 saturated carbocycles. The maximum atomic E-state index is 13.9. The number of halogens is 2. The summed E-state index contributed by atoms with van der Waals surface area (Å²) >= 11 is 0. The number of hydrogen-bond acceptors (Lipinski definition) is 3. The minimum atomic E-state index is -0.355. The lowest BCUT2D eigenvalue weighted by molar-refractivity contribution is 0.235. The van der Waals surface area contributed by atoms with E-state index in [0.717, 1.165) is 17.7 Å². The first-order valence-corrected chi connectivity index (χ1v) is 8.80. The largest absolute Gasteiger partial charge is 0.491 e. The number of nitrogens with zero attached hydrogens (tertiary/aromatic N) is 1. The van der Waals surface area contributed by atoms with Crippen molar-refractivity contribution in [1.29, 1.82) is 0 Å². The van der Waals surface area contributed by atoms with Gasteiger partial charge in [0, 0.05) is 20.0 Å². The maximum absolute atomic E-state index is 13.9. The van der Waals surface area contributed by atoms with E-state index in [1.165, 1.54) is 11.6 Å². The highest BCUT2D eigenvalue weighted by Crippen LogP contribution is 2.27. The second kappa shape index (κ2) is 10.3. The van der Waals surface area contributed by atoms with Crippen LogP contribution in [0.3, 0.4) is 0 Å². The molecular formula is C20H25FIN3O2. The van der Waals surface area contributed by atoms with Crippen molar-refractivity contribution in [2.45, 2.75) is 26.0 Å². The van der Waals surface area contributed by atoms with Crippen molar-refractivity contribution in [3.05, 3.63) is 59.4 Å². The van der Waals surface area contributed by atoms with Crippen LogP contribution in [0.1, 0.15) is 18.1 Å². The Morgan fingerprint density at radius 1 is 1.26 bits per heavy atom. The van der Waals surface area contributed by atoms with E-state index in [0.29, 0.717) is 25.7 Å². The minimum Gasteiger partial charge on any atom is -0.491 e. The zero-order valence-corrected chi connectivity index (χ0v) is 17.8. The Labute approximate surface area is 176 Å². The standard InChI is InChI=1S/C20H24FN3O2.HI/c1-3-25-19-9-8-14(10-17(19)21)12-23-20(22-2)24-13-16-11-15-6-4-5-7-18(15)26-16;/h4-10,16H,3,11-13H2,1-2H3,(H2,22,23,24);1H. The van der Waals surface area contributed by atoms with Crippen LogP contribution in [0.2, 0.25) is 0 Å². The van der Waals surface area contributed by atoms with Crippen LogP contribution in [0.4, 0.5) is 4.39 Å². The smallest absolute Gasteiger partial charge is 0.191 e. The third-order valence-electron chi connectivity index (χ3n) is 4.19. The van der Waals surface area contributed by atoms with Gasteiger partial charge in [-0.05, 0) is 36.2 Å². The van der Waals surface area contributed by atoms with Crippen LogP contribution in [-0.2, 0) is 13.0 Å². The Balaban J connectivity index is 0.00000261. The van der Waals surface area contributed by atoms with Gasteiger partial charge in [-0.1, -0.05) is 24.3 Å². The summed E-state index contributed by atoms with van der Waals surface area (Å²) in [7, 11) is 1.71. The quantitative estimate of drug-likeness (QED) is 0.374. The van der Waals surface area contributed by atoms with Crippen LogP contribution < -0.4 is 20.1 Å². The molecule has 1 atom stereocenters. The summed E-state index contributed by atoms with van der Waals surface area (Å²) in [6, 6.07) is 13.0. The van der Waals surface area contributed by atoms with E-state index in [2.05, 4.69) is 21.7 Å². The molecule has 0 spiro atoms. The number of nitrogens with one attached hydrogen (secondary N) is 2. The molecule has 0 aromatic heterocycles. The molecule has 0 aliphatic carbocycles. The maximum Gasteiger partial charge on any atom is 0.191 e. The lowest BCUT2D eigenvalue weighted by Gasteiger charge is -2.16. The molecule has 0 saturated heterocycles. The van der Waals surface area contributed by atoms with E-state index in [1.54, 1.807) is 13.1 Å². The number of aliphatic imine (C=N–C) groups is 1. The highest BCUT2D eigenvalue weighted by Gasteiger charge is 2.22. The Bertz CT molecular complexity index is 761. The summed E-state index contributed by atoms with van der Waals surface area (Å²) in [6.07, 6.45) is 0.957. The van der Waals surface area contributed by atoms with Crippen molar-refractivity contribution in [2.24, 2.45) is 4.99 Å². The van der Waals surface area contributed by atoms with E-state index in [9.17, 15) is 4.39 Å². The number of fused-ring (bicyclic) bond motifs is 1. The van der Waals surface area contributed by atoms with Gasteiger partial charge in [0.15, 0.2) is 17.5 Å². The van der Waals surface area contributed by atoms with Crippen LogP contribution in [0, 0.1) is 5.82 Å². The Morgan fingerprint density at radius 3 is 2.78 bits per heavy atom. The topological polar surface area (TPSA) is 54.9 Å². The second-order valence-electron chi connectivity index (χ2n) is 6.06. The lowest BCUT2D eigenvalue weighted by atomic mass is 10.1. The average molecular weight is 485 g/mol. The summed E-state index contributed by atoms with van der Waals surface area (Å²) in [5.41, 5.74) is 2.05. The van der Waals surface area contributed by atoms with Gasteiger partial charge in [0.2, 0.25) is 0 Å². The molecule has 1 heterocycles. The number of guanidine groups is 1. The van der Waals surface area contributed by atoms with Gasteiger partial charge in [0.25, 0.3) is 0 Å². The van der Waals surface area contributed by atoms with Crippen molar-refractivity contribution in [2.75, 3.05) is 20.2 Å². The minimum absolute atomic E-state index is 0. The van der Waals surface area contributed by atoms with Gasteiger partial charge < -0.3 is 20.1 Å². The summed E-state index contributed by atoms with van der Waals surface area (Å²) in [5, 5.41) is 6.44. The second-order valence-corrected chi connectivity index (χ2v) is 6.06. The first kappa shape index (κ1) is 21.3. The Hall–Kier alpha value is -2.03. The number of benzene rings is 2. The third-order valence-corrected chi connectivity index (χ3v) is 4.19. The molecule has 5 nitrogen and oxygen atoms in total. The molecule has 0 amide bonds. The molecule has 0 bridgehead atoms. The third kappa shape index (κ3) is 5.72. The predicted molar refractivity (Wildman–Crippen MR) is 116 cm³/mol. The molecule has 1 unspecified atom stereocenters. The van der Waals surface area contributed by atoms with Crippen molar-refractivity contribution in [3.63, 3.8) is 0 Å². The van der Waals surface area contributed by atoms with Crippen LogP contribution >= 0.6 is 24.0 Å². The molecule has 27 heavy (non-hydrogen) atoms. The van der Waals surface area contributed by atoms with Crippen molar-refractivity contribution in [3.8, 4) is 11.5 Å². The fourth-order valence-electron chi connectivity index (χ4n) is 2.91. The lowest BCUT2D eigenvalue weighted by Crippen LogP contribution is -2.41. The predicted octanol–water partition coefficient (Wildman–Crippen LogP) is 3.51. The number of hydrogen-bond donors (Lipinski definition) is 2. The first-order valence-electron chi connectivity index (χ1n) is 8.80. The summed E-state index contributed by atoms with van der Waals surface area (Å²) in [4.78, 5) is 4.20. The highest BCUT2D eigenvalue weighted by molar-refractivity contribution is 14.0. The molecule has 3 rings (SSSR count). The van der Waals surface area contributed by atoms with E-state index in [-0.39, 0.29) is 41.6 Å². The monoisotopic (exact) mass is 485 g/mol. The van der Waals surface area contributed by atoms with Crippen LogP contribution in [0.5, 0.6) is 11.5 Å². The van der Waals surface area contributed by atoms with Gasteiger partial charge in [-0.15, -0.1) is 24.0 Å². The van der Waals surface area contributed by atoms with E-state index in [1.807, 2.05) is 31.2 Å². The first-order chi connectivity index (χ1) is 12.7. The molecule has 7 heteroatoms. The fourth-order valence-corrected chi connectivity index (χ4v) is 2.91. The van der Waals surface area contributed by atoms with Crippen LogP contribution in [0.15, 0.2) is 47.5 Å². The average Bonchev–Trinajstić information content (AvgIpc) is 3.07. The summed E-state index contributed by atoms with van der Waals surface area (Å²) in [6.45, 7) is 3.38. The van der Waals surface area contributed by atoms with Gasteiger partial charge in [-0.25, -0.2) is 4.39 Å². The molecule has 146 valence electrons. The van der Waals surface area contributed by atoms with E-state index < -0.39 is 0 Å². The van der Waals surface area contributed by atoms with Gasteiger partial charge in [-0.3, -0.25) is 4.99 Å². The number of ether oxygens (including phenoxy) is 2. The summed E-state index contributed by atoms with van der Waals surface area (Å²) in [5.74, 6) is 1.52. The Morgan fingerprint density at radius 2 is 2.07 bits per heavy atom. The number of para-hydroxylation sites is 1. The Kier molecular flexibility index (Phi) is 8.15. The van der Waals surface area contributed by atoms with Crippen LogP contribution in [-0.4, -0.2) is 32.3 Å². The molecule has 0 radical (unpaired) electrons. The highest BCUT2D eigenvalue weighted by atomic mass is 127. The van der Waals surface area contributed by atoms with Gasteiger partial charge >= 0.3 is 0 Å². The molecular weight excluding hydrogens is 460 g/mol. The van der Waals surface area contributed by atoms with E-state index >= 15 is 0 Å². The number of rotatable bonds is 6. The zero-order valence-electron chi connectivity index (χ0n) is 15.5. The summed E-state index contributed by atoms with van der Waals surface area (Å²) < 4.78 is 25.0. The van der Waals surface area contributed by atoms with Gasteiger partial charge in [-0.2, -0.15) is 0 Å². The van der Waals surface area contributed by atoms with Crippen molar-refractivity contribution in [1.82, 2.24) is 10.6 Å². The molecule has 2 N–H and O–H groups in total. The fraction of sp³-hybridized carbons (Fsp3) is 0.350.